The molecule has 1 heterocycles. The first-order valence-corrected chi connectivity index (χ1v) is 9.00. The maximum absolute atomic E-state index is 12.5. The maximum Gasteiger partial charge on any atom is 0.246 e. The smallest absolute Gasteiger partial charge is 0.246 e. The van der Waals surface area contributed by atoms with Crippen molar-refractivity contribution in [2.24, 2.45) is 0 Å². The van der Waals surface area contributed by atoms with Crippen LogP contribution in [0.15, 0.2) is 24.3 Å². The molecule has 1 atom stereocenters. The quantitative estimate of drug-likeness (QED) is 0.851. The van der Waals surface area contributed by atoms with Gasteiger partial charge in [0.15, 0.2) is 0 Å². The monoisotopic (exact) mass is 310 g/mol. The topological polar surface area (TPSA) is 57.7 Å². The lowest BCUT2D eigenvalue weighted by molar-refractivity contribution is -0.130. The second-order valence-corrected chi connectivity index (χ2v) is 7.47. The van der Waals surface area contributed by atoms with E-state index in [0.29, 0.717) is 18.8 Å². The standard InChI is InChI=1S/C15H22N2O3S/c1-12-7-6-8-14(11-12)17(21(3,19)20)13(2)15(18)16-9-4-5-10-16/h6-8,11,13H,4-5,9-10H2,1-3H3/t13-/m0/s1. The number of rotatable bonds is 4. The first kappa shape index (κ1) is 15.8. The van der Waals surface area contributed by atoms with Crippen LogP contribution in [-0.2, 0) is 14.8 Å². The number of carbonyl (C=O) groups is 1. The molecule has 0 aliphatic carbocycles. The van der Waals surface area contributed by atoms with Gasteiger partial charge in [0.2, 0.25) is 15.9 Å². The Morgan fingerprint density at radius 2 is 1.90 bits per heavy atom. The van der Waals surface area contributed by atoms with Gasteiger partial charge in [-0.2, -0.15) is 0 Å². The van der Waals surface area contributed by atoms with Crippen molar-refractivity contribution >= 4 is 21.6 Å². The molecule has 1 amide bonds. The molecular formula is C15H22N2O3S. The van der Waals surface area contributed by atoms with Crippen molar-refractivity contribution in [2.45, 2.75) is 32.7 Å². The number of amides is 1. The predicted octanol–water partition coefficient (Wildman–Crippen LogP) is 1.77. The van der Waals surface area contributed by atoms with Crippen LogP contribution in [0.1, 0.15) is 25.3 Å². The summed E-state index contributed by atoms with van der Waals surface area (Å²) in [6.45, 7) is 4.99. The van der Waals surface area contributed by atoms with Gasteiger partial charge in [0, 0.05) is 13.1 Å². The van der Waals surface area contributed by atoms with E-state index >= 15 is 0 Å². The highest BCUT2D eigenvalue weighted by molar-refractivity contribution is 7.92. The first-order chi connectivity index (χ1) is 9.80. The molecule has 1 fully saturated rings. The van der Waals surface area contributed by atoms with Gasteiger partial charge in [0.25, 0.3) is 0 Å². The summed E-state index contributed by atoms with van der Waals surface area (Å²) in [6, 6.07) is 6.49. The van der Waals surface area contributed by atoms with E-state index in [1.807, 2.05) is 13.0 Å². The van der Waals surface area contributed by atoms with Crippen LogP contribution in [0.4, 0.5) is 5.69 Å². The Morgan fingerprint density at radius 1 is 1.29 bits per heavy atom. The van der Waals surface area contributed by atoms with E-state index in [4.69, 9.17) is 0 Å². The molecule has 0 radical (unpaired) electrons. The molecule has 1 aliphatic rings. The van der Waals surface area contributed by atoms with E-state index in [-0.39, 0.29) is 5.91 Å². The SMILES string of the molecule is Cc1cccc(N([C@@H](C)C(=O)N2CCCC2)S(C)(=O)=O)c1. The van der Waals surface area contributed by atoms with E-state index in [1.165, 1.54) is 4.31 Å². The number of nitrogens with zero attached hydrogens (tertiary/aromatic N) is 2. The highest BCUT2D eigenvalue weighted by atomic mass is 32.2. The highest BCUT2D eigenvalue weighted by Gasteiger charge is 2.32. The van der Waals surface area contributed by atoms with Gasteiger partial charge in [0.1, 0.15) is 6.04 Å². The summed E-state index contributed by atoms with van der Waals surface area (Å²) in [5.41, 5.74) is 1.50. The Hall–Kier alpha value is -1.56. The van der Waals surface area contributed by atoms with Crippen molar-refractivity contribution in [1.29, 1.82) is 0 Å². The van der Waals surface area contributed by atoms with E-state index < -0.39 is 16.1 Å². The molecule has 21 heavy (non-hydrogen) atoms. The molecule has 0 aromatic heterocycles. The Balaban J connectivity index is 2.34. The summed E-state index contributed by atoms with van der Waals surface area (Å²) in [5, 5.41) is 0. The molecular weight excluding hydrogens is 288 g/mol. The van der Waals surface area contributed by atoms with Crippen molar-refractivity contribution in [3.63, 3.8) is 0 Å². The zero-order valence-electron chi connectivity index (χ0n) is 12.7. The van der Waals surface area contributed by atoms with E-state index in [2.05, 4.69) is 0 Å². The fourth-order valence-electron chi connectivity index (χ4n) is 2.77. The lowest BCUT2D eigenvalue weighted by Gasteiger charge is -2.31. The predicted molar refractivity (Wildman–Crippen MR) is 83.8 cm³/mol. The zero-order valence-corrected chi connectivity index (χ0v) is 13.6. The third-order valence-electron chi connectivity index (χ3n) is 3.74. The molecule has 0 saturated carbocycles. The van der Waals surface area contributed by atoms with Crippen LogP contribution >= 0.6 is 0 Å². The average Bonchev–Trinajstić information content (AvgIpc) is 2.90. The summed E-state index contributed by atoms with van der Waals surface area (Å²) >= 11 is 0. The van der Waals surface area contributed by atoms with Crippen LogP contribution in [0.2, 0.25) is 0 Å². The number of hydrogen-bond donors (Lipinski definition) is 0. The molecule has 0 bridgehead atoms. The van der Waals surface area contributed by atoms with Gasteiger partial charge < -0.3 is 4.90 Å². The van der Waals surface area contributed by atoms with Gasteiger partial charge in [-0.3, -0.25) is 9.10 Å². The summed E-state index contributed by atoms with van der Waals surface area (Å²) in [5.74, 6) is -0.126. The molecule has 2 rings (SSSR count). The summed E-state index contributed by atoms with van der Waals surface area (Å²) in [7, 11) is -3.52. The zero-order chi connectivity index (χ0) is 15.6. The molecule has 0 spiro atoms. The molecule has 1 aromatic carbocycles. The summed E-state index contributed by atoms with van der Waals surface area (Å²) in [4.78, 5) is 14.3. The second-order valence-electron chi connectivity index (χ2n) is 5.61. The lowest BCUT2D eigenvalue weighted by Crippen LogP contribution is -2.48. The van der Waals surface area contributed by atoms with Crippen molar-refractivity contribution in [1.82, 2.24) is 4.90 Å². The number of sulfonamides is 1. The number of anilines is 1. The third kappa shape index (κ3) is 3.56. The van der Waals surface area contributed by atoms with Crippen molar-refractivity contribution in [3.05, 3.63) is 29.8 Å². The first-order valence-electron chi connectivity index (χ1n) is 7.15. The van der Waals surface area contributed by atoms with Crippen LogP contribution in [0.3, 0.4) is 0 Å². The third-order valence-corrected chi connectivity index (χ3v) is 4.98. The molecule has 0 unspecified atom stereocenters. The van der Waals surface area contributed by atoms with Crippen molar-refractivity contribution in [3.8, 4) is 0 Å². The molecule has 1 aromatic rings. The Labute approximate surface area is 126 Å². The minimum atomic E-state index is -3.52. The lowest BCUT2D eigenvalue weighted by atomic mass is 10.2. The highest BCUT2D eigenvalue weighted by Crippen LogP contribution is 2.23. The van der Waals surface area contributed by atoms with Crippen LogP contribution < -0.4 is 4.31 Å². The Kier molecular flexibility index (Phi) is 4.56. The minimum Gasteiger partial charge on any atom is -0.341 e. The van der Waals surface area contributed by atoms with Crippen LogP contribution in [0, 0.1) is 6.92 Å². The Morgan fingerprint density at radius 3 is 2.43 bits per heavy atom. The minimum absolute atomic E-state index is 0.126. The molecule has 1 saturated heterocycles. The van der Waals surface area contributed by atoms with E-state index in [9.17, 15) is 13.2 Å². The van der Waals surface area contributed by atoms with Crippen molar-refractivity contribution < 1.29 is 13.2 Å². The molecule has 6 heteroatoms. The van der Waals surface area contributed by atoms with Gasteiger partial charge in [-0.25, -0.2) is 8.42 Å². The maximum atomic E-state index is 12.5. The molecule has 116 valence electrons. The fraction of sp³-hybridized carbons (Fsp3) is 0.533. The van der Waals surface area contributed by atoms with Crippen molar-refractivity contribution in [2.75, 3.05) is 23.7 Å². The number of carbonyl (C=O) groups excluding carboxylic acids is 1. The van der Waals surface area contributed by atoms with Gasteiger partial charge in [0.05, 0.1) is 11.9 Å². The van der Waals surface area contributed by atoms with E-state index in [1.54, 1.807) is 30.0 Å². The molecule has 0 N–H and O–H groups in total. The van der Waals surface area contributed by atoms with Gasteiger partial charge in [-0.15, -0.1) is 0 Å². The second kappa shape index (κ2) is 6.05. The Bertz CT molecular complexity index is 622. The summed E-state index contributed by atoms with van der Waals surface area (Å²) in [6.07, 6.45) is 3.12. The van der Waals surface area contributed by atoms with Gasteiger partial charge in [-0.1, -0.05) is 12.1 Å². The largest absolute Gasteiger partial charge is 0.341 e. The number of likely N-dealkylation sites (tertiary alicyclic amines) is 1. The van der Waals surface area contributed by atoms with Gasteiger partial charge in [-0.05, 0) is 44.4 Å². The average molecular weight is 310 g/mol. The molecule has 1 aliphatic heterocycles. The van der Waals surface area contributed by atoms with E-state index in [0.717, 1.165) is 24.7 Å². The van der Waals surface area contributed by atoms with Crippen LogP contribution in [0.5, 0.6) is 0 Å². The van der Waals surface area contributed by atoms with Gasteiger partial charge >= 0.3 is 0 Å². The fourth-order valence-corrected chi connectivity index (χ4v) is 3.93. The van der Waals surface area contributed by atoms with Crippen LogP contribution in [0.25, 0.3) is 0 Å². The number of aryl methyl sites for hydroxylation is 1. The normalized spacial score (nSPS) is 16.8. The van der Waals surface area contributed by atoms with Crippen LogP contribution in [-0.4, -0.2) is 44.6 Å². The summed E-state index contributed by atoms with van der Waals surface area (Å²) < 4.78 is 25.5. The number of benzene rings is 1. The number of hydrogen-bond acceptors (Lipinski definition) is 3. The molecule has 5 nitrogen and oxygen atoms in total.